The molecular weight excluding hydrogens is 317 g/mol. The molecule has 0 unspecified atom stereocenters. The molecule has 0 saturated carbocycles. The highest BCUT2D eigenvalue weighted by Gasteiger charge is 2.08. The number of hydrogen-bond donors (Lipinski definition) is 1. The van der Waals surface area contributed by atoms with E-state index in [2.05, 4.69) is 20.7 Å². The zero-order valence-corrected chi connectivity index (χ0v) is 12.7. The molecule has 0 aliphatic carbocycles. The van der Waals surface area contributed by atoms with Gasteiger partial charge in [0.1, 0.15) is 5.75 Å². The van der Waals surface area contributed by atoms with E-state index < -0.39 is 5.91 Å². The van der Waals surface area contributed by atoms with Gasteiger partial charge in [0.25, 0.3) is 11.9 Å². The van der Waals surface area contributed by atoms with Gasteiger partial charge in [-0.25, -0.2) is 0 Å². The third kappa shape index (κ3) is 3.93. The SMILES string of the molecule is COc1c(Cl)cc(Cl)cc1/C=C/C(=O)Nc1nnn(C)n1. The lowest BCUT2D eigenvalue weighted by Gasteiger charge is -2.07. The molecule has 1 N–H and O–H groups in total. The van der Waals surface area contributed by atoms with Crippen LogP contribution in [0, 0.1) is 0 Å². The van der Waals surface area contributed by atoms with Crippen molar-refractivity contribution in [2.45, 2.75) is 0 Å². The molecule has 1 heterocycles. The van der Waals surface area contributed by atoms with Gasteiger partial charge in [0.15, 0.2) is 0 Å². The van der Waals surface area contributed by atoms with E-state index >= 15 is 0 Å². The number of nitrogens with zero attached hydrogens (tertiary/aromatic N) is 4. The zero-order chi connectivity index (χ0) is 15.4. The van der Waals surface area contributed by atoms with Gasteiger partial charge in [-0.1, -0.05) is 28.3 Å². The Hall–Kier alpha value is -2.12. The van der Waals surface area contributed by atoms with E-state index in [0.29, 0.717) is 21.4 Å². The Balaban J connectivity index is 2.15. The maximum Gasteiger partial charge on any atom is 0.270 e. The summed E-state index contributed by atoms with van der Waals surface area (Å²) in [4.78, 5) is 13.0. The van der Waals surface area contributed by atoms with E-state index in [1.807, 2.05) is 0 Å². The van der Waals surface area contributed by atoms with Crippen molar-refractivity contribution in [3.63, 3.8) is 0 Å². The highest BCUT2D eigenvalue weighted by Crippen LogP contribution is 2.32. The predicted molar refractivity (Wildman–Crippen MR) is 79.5 cm³/mol. The van der Waals surface area contributed by atoms with Gasteiger partial charge in [0, 0.05) is 16.7 Å². The number of nitrogens with one attached hydrogen (secondary N) is 1. The Morgan fingerprint density at radius 2 is 2.19 bits per heavy atom. The minimum atomic E-state index is -0.416. The highest BCUT2D eigenvalue weighted by molar-refractivity contribution is 6.36. The van der Waals surface area contributed by atoms with Gasteiger partial charge in [-0.2, -0.15) is 4.80 Å². The first-order valence-electron chi connectivity index (χ1n) is 5.75. The number of carbonyl (C=O) groups excluding carboxylic acids is 1. The van der Waals surface area contributed by atoms with Crippen LogP contribution in [0.1, 0.15) is 5.56 Å². The van der Waals surface area contributed by atoms with Crippen molar-refractivity contribution < 1.29 is 9.53 Å². The van der Waals surface area contributed by atoms with Crippen LogP contribution in [-0.4, -0.2) is 33.2 Å². The monoisotopic (exact) mass is 327 g/mol. The van der Waals surface area contributed by atoms with Crippen molar-refractivity contribution in [2.24, 2.45) is 7.05 Å². The summed E-state index contributed by atoms with van der Waals surface area (Å²) in [5.41, 5.74) is 0.581. The Morgan fingerprint density at radius 1 is 1.43 bits per heavy atom. The van der Waals surface area contributed by atoms with Crippen LogP contribution < -0.4 is 10.1 Å². The number of aryl methyl sites for hydroxylation is 1. The fourth-order valence-electron chi connectivity index (χ4n) is 1.57. The second-order valence-electron chi connectivity index (χ2n) is 3.94. The fraction of sp³-hybridized carbons (Fsp3) is 0.167. The molecule has 0 aliphatic rings. The number of amides is 1. The smallest absolute Gasteiger partial charge is 0.270 e. The van der Waals surface area contributed by atoms with Crippen molar-refractivity contribution >= 4 is 41.1 Å². The molecule has 1 aromatic carbocycles. The van der Waals surface area contributed by atoms with Crippen molar-refractivity contribution in [2.75, 3.05) is 12.4 Å². The third-order valence-electron chi connectivity index (χ3n) is 2.40. The van der Waals surface area contributed by atoms with E-state index in [-0.39, 0.29) is 5.95 Å². The van der Waals surface area contributed by atoms with Crippen LogP contribution in [0.25, 0.3) is 6.08 Å². The molecule has 9 heteroatoms. The van der Waals surface area contributed by atoms with Gasteiger partial charge in [-0.15, -0.1) is 5.10 Å². The largest absolute Gasteiger partial charge is 0.495 e. The average Bonchev–Trinajstić information content (AvgIpc) is 2.81. The van der Waals surface area contributed by atoms with Gasteiger partial charge in [-0.3, -0.25) is 10.1 Å². The summed E-state index contributed by atoms with van der Waals surface area (Å²) in [5, 5.41) is 14.3. The Kier molecular flexibility index (Phi) is 4.77. The van der Waals surface area contributed by atoms with Crippen LogP contribution in [0.15, 0.2) is 18.2 Å². The molecule has 0 aliphatic heterocycles. The van der Waals surface area contributed by atoms with Crippen LogP contribution in [-0.2, 0) is 11.8 Å². The molecule has 2 aromatic rings. The van der Waals surface area contributed by atoms with Crippen LogP contribution in [0.4, 0.5) is 5.95 Å². The quantitative estimate of drug-likeness (QED) is 0.870. The fourth-order valence-corrected chi connectivity index (χ4v) is 2.16. The lowest BCUT2D eigenvalue weighted by Crippen LogP contribution is -2.09. The number of rotatable bonds is 4. The van der Waals surface area contributed by atoms with Crippen molar-refractivity contribution in [3.05, 3.63) is 33.8 Å². The van der Waals surface area contributed by atoms with Crippen molar-refractivity contribution in [1.29, 1.82) is 0 Å². The summed E-state index contributed by atoms with van der Waals surface area (Å²) >= 11 is 11.9. The zero-order valence-electron chi connectivity index (χ0n) is 11.2. The molecule has 0 spiro atoms. The lowest BCUT2D eigenvalue weighted by atomic mass is 10.2. The summed E-state index contributed by atoms with van der Waals surface area (Å²) in [7, 11) is 3.08. The molecule has 110 valence electrons. The Labute approximate surface area is 130 Å². The Morgan fingerprint density at radius 3 is 2.81 bits per heavy atom. The molecule has 1 aromatic heterocycles. The molecule has 2 rings (SSSR count). The molecule has 0 radical (unpaired) electrons. The standard InChI is InChI=1S/C12H11Cl2N5O2/c1-19-17-12(16-18-19)15-10(20)4-3-7-5-8(13)6-9(14)11(7)21-2/h3-6H,1-2H3,(H,15,17,20)/b4-3+. The van der Waals surface area contributed by atoms with Crippen LogP contribution in [0.3, 0.4) is 0 Å². The number of benzene rings is 1. The number of hydrogen-bond acceptors (Lipinski definition) is 5. The number of carbonyl (C=O) groups is 1. The number of aromatic nitrogens is 4. The highest BCUT2D eigenvalue weighted by atomic mass is 35.5. The van der Waals surface area contributed by atoms with E-state index in [4.69, 9.17) is 27.9 Å². The first-order chi connectivity index (χ1) is 9.99. The van der Waals surface area contributed by atoms with Crippen molar-refractivity contribution in [3.8, 4) is 5.75 Å². The van der Waals surface area contributed by atoms with Crippen LogP contribution in [0.5, 0.6) is 5.75 Å². The summed E-state index contributed by atoms with van der Waals surface area (Å²) in [6.07, 6.45) is 2.82. The first-order valence-corrected chi connectivity index (χ1v) is 6.51. The summed E-state index contributed by atoms with van der Waals surface area (Å²) < 4.78 is 5.17. The summed E-state index contributed by atoms with van der Waals surface area (Å²) in [6.45, 7) is 0. The maximum atomic E-state index is 11.7. The molecular formula is C12H11Cl2N5O2. The normalized spacial score (nSPS) is 10.9. The number of tetrazole rings is 1. The molecule has 0 saturated heterocycles. The van der Waals surface area contributed by atoms with E-state index in [1.165, 1.54) is 24.1 Å². The second kappa shape index (κ2) is 6.55. The number of anilines is 1. The van der Waals surface area contributed by atoms with Crippen molar-refractivity contribution in [1.82, 2.24) is 20.2 Å². The molecule has 0 fully saturated rings. The number of halogens is 2. The third-order valence-corrected chi connectivity index (χ3v) is 2.90. The molecule has 21 heavy (non-hydrogen) atoms. The van der Waals surface area contributed by atoms with Gasteiger partial charge >= 0.3 is 0 Å². The van der Waals surface area contributed by atoms with Gasteiger partial charge in [-0.05, 0) is 23.4 Å². The minimum Gasteiger partial charge on any atom is -0.495 e. The molecule has 0 bridgehead atoms. The number of methoxy groups -OCH3 is 1. The Bertz CT molecular complexity index is 699. The maximum absolute atomic E-state index is 11.7. The first kappa shape index (κ1) is 15.3. The predicted octanol–water partition coefficient (Wildman–Crippen LogP) is 2.18. The van der Waals surface area contributed by atoms with Gasteiger partial charge < -0.3 is 4.74 Å². The van der Waals surface area contributed by atoms with E-state index in [1.54, 1.807) is 19.2 Å². The topological polar surface area (TPSA) is 81.9 Å². The van der Waals surface area contributed by atoms with Gasteiger partial charge in [0.2, 0.25) is 0 Å². The van der Waals surface area contributed by atoms with E-state index in [9.17, 15) is 4.79 Å². The molecule has 7 nitrogen and oxygen atoms in total. The molecule has 0 atom stereocenters. The minimum absolute atomic E-state index is 0.114. The summed E-state index contributed by atoms with van der Waals surface area (Å²) in [6, 6.07) is 3.19. The van der Waals surface area contributed by atoms with Gasteiger partial charge in [0.05, 0.1) is 19.2 Å². The average molecular weight is 328 g/mol. The number of ether oxygens (including phenoxy) is 1. The molecule has 1 amide bonds. The van der Waals surface area contributed by atoms with Crippen LogP contribution in [0.2, 0.25) is 10.0 Å². The van der Waals surface area contributed by atoms with Crippen LogP contribution >= 0.6 is 23.2 Å². The second-order valence-corrected chi connectivity index (χ2v) is 4.78. The van der Waals surface area contributed by atoms with E-state index in [0.717, 1.165) is 0 Å². The summed E-state index contributed by atoms with van der Waals surface area (Å²) in [5.74, 6) is 0.132. The lowest BCUT2D eigenvalue weighted by molar-refractivity contribution is -0.111.